The molecule has 1 aromatic rings. The minimum Gasteiger partial charge on any atom is -0.377 e. The number of rotatable bonds is 3. The summed E-state index contributed by atoms with van der Waals surface area (Å²) in [6.45, 7) is -0.0717. The number of alkyl halides is 2. The standard InChI is InChI=1S/C12H12F3NOS/c13-10-4-2-1-3-9(10)12(11(14)15)7-17-5-8(6-18)16-12/h1-4,6,8,11,16H,5,7H2. The summed E-state index contributed by atoms with van der Waals surface area (Å²) in [5, 5.41) is 4.02. The summed E-state index contributed by atoms with van der Waals surface area (Å²) in [6, 6.07) is 4.97. The summed E-state index contributed by atoms with van der Waals surface area (Å²) in [7, 11) is 0. The van der Waals surface area contributed by atoms with Gasteiger partial charge in [0.05, 0.1) is 19.3 Å². The Balaban J connectivity index is 2.44. The first kappa shape index (κ1) is 13.5. The van der Waals surface area contributed by atoms with E-state index in [-0.39, 0.29) is 18.8 Å². The molecule has 1 fully saturated rings. The average molecular weight is 275 g/mol. The van der Waals surface area contributed by atoms with Crippen molar-refractivity contribution in [3.8, 4) is 0 Å². The van der Waals surface area contributed by atoms with E-state index in [1.807, 2.05) is 0 Å². The minimum atomic E-state index is -2.80. The molecule has 1 heterocycles. The fourth-order valence-electron chi connectivity index (χ4n) is 2.06. The number of hydrogen-bond acceptors (Lipinski definition) is 3. The molecule has 0 radical (unpaired) electrons. The van der Waals surface area contributed by atoms with Crippen molar-refractivity contribution in [1.29, 1.82) is 0 Å². The molecule has 1 aliphatic rings. The van der Waals surface area contributed by atoms with Crippen LogP contribution in [0.2, 0.25) is 0 Å². The highest BCUT2D eigenvalue weighted by atomic mass is 32.1. The molecule has 0 saturated carbocycles. The molecule has 2 rings (SSSR count). The summed E-state index contributed by atoms with van der Waals surface area (Å²) < 4.78 is 45.7. The lowest BCUT2D eigenvalue weighted by Crippen LogP contribution is -2.61. The van der Waals surface area contributed by atoms with Crippen molar-refractivity contribution in [3.05, 3.63) is 35.6 Å². The van der Waals surface area contributed by atoms with Gasteiger partial charge in [0.15, 0.2) is 0 Å². The number of benzene rings is 1. The summed E-state index contributed by atoms with van der Waals surface area (Å²) in [4.78, 5) is 0. The first-order valence-electron chi connectivity index (χ1n) is 5.44. The molecule has 1 aliphatic heterocycles. The topological polar surface area (TPSA) is 21.3 Å². The van der Waals surface area contributed by atoms with Gasteiger partial charge in [-0.2, -0.15) is 0 Å². The van der Waals surface area contributed by atoms with Crippen molar-refractivity contribution in [3.63, 3.8) is 0 Å². The Morgan fingerprint density at radius 3 is 2.78 bits per heavy atom. The summed E-state index contributed by atoms with van der Waals surface area (Å²) in [5.41, 5.74) is -1.94. The second-order valence-corrected chi connectivity index (χ2v) is 4.43. The Bertz CT molecular complexity index is 443. The second-order valence-electron chi connectivity index (χ2n) is 4.15. The first-order chi connectivity index (χ1) is 8.60. The third-order valence-electron chi connectivity index (χ3n) is 2.96. The van der Waals surface area contributed by atoms with Gasteiger partial charge in [0.25, 0.3) is 6.43 Å². The maximum atomic E-state index is 13.7. The van der Waals surface area contributed by atoms with E-state index in [1.165, 1.54) is 23.6 Å². The van der Waals surface area contributed by atoms with E-state index in [2.05, 4.69) is 5.32 Å². The Kier molecular flexibility index (Phi) is 3.99. The SMILES string of the molecule is Fc1ccccc1C1(C(F)F)COCC(C=S)N1. The molecule has 1 N–H and O–H groups in total. The van der Waals surface area contributed by atoms with Crippen LogP contribution in [-0.4, -0.2) is 31.0 Å². The van der Waals surface area contributed by atoms with E-state index in [0.717, 1.165) is 6.07 Å². The van der Waals surface area contributed by atoms with Crippen LogP contribution in [0.1, 0.15) is 5.56 Å². The number of morpholine rings is 1. The monoisotopic (exact) mass is 275 g/mol. The van der Waals surface area contributed by atoms with Crippen molar-refractivity contribution < 1.29 is 17.9 Å². The number of nitrogens with one attached hydrogen (secondary N) is 1. The molecule has 0 spiro atoms. The van der Waals surface area contributed by atoms with Gasteiger partial charge in [-0.05, 0) is 11.4 Å². The molecular weight excluding hydrogens is 263 g/mol. The molecule has 0 amide bonds. The highest BCUT2D eigenvalue weighted by Crippen LogP contribution is 2.33. The minimum absolute atomic E-state index is 0.0958. The molecule has 2 atom stereocenters. The van der Waals surface area contributed by atoms with Gasteiger partial charge in [-0.25, -0.2) is 13.2 Å². The van der Waals surface area contributed by atoms with E-state index < -0.39 is 23.8 Å². The van der Waals surface area contributed by atoms with Gasteiger partial charge in [0, 0.05) is 5.56 Å². The number of thiocarbonyl (C=S) groups is 1. The Labute approximate surface area is 108 Å². The maximum Gasteiger partial charge on any atom is 0.263 e. The van der Waals surface area contributed by atoms with Crippen LogP contribution in [0.3, 0.4) is 0 Å². The van der Waals surface area contributed by atoms with E-state index in [1.54, 1.807) is 0 Å². The molecule has 18 heavy (non-hydrogen) atoms. The van der Waals surface area contributed by atoms with Crippen molar-refractivity contribution in [2.75, 3.05) is 13.2 Å². The summed E-state index contributed by atoms with van der Waals surface area (Å²) >= 11 is 4.74. The van der Waals surface area contributed by atoms with Crippen LogP contribution in [0.25, 0.3) is 0 Å². The van der Waals surface area contributed by atoms with Crippen LogP contribution < -0.4 is 5.32 Å². The predicted octanol–water partition coefficient (Wildman–Crippen LogP) is 2.27. The molecule has 0 aliphatic carbocycles. The lowest BCUT2D eigenvalue weighted by atomic mass is 9.88. The van der Waals surface area contributed by atoms with E-state index in [0.29, 0.717) is 0 Å². The van der Waals surface area contributed by atoms with Crippen LogP contribution in [0.5, 0.6) is 0 Å². The van der Waals surface area contributed by atoms with Crippen molar-refractivity contribution in [1.82, 2.24) is 5.32 Å². The summed E-state index contributed by atoms with van der Waals surface area (Å²) in [5.74, 6) is -0.682. The molecule has 1 aromatic carbocycles. The fourth-order valence-corrected chi connectivity index (χ4v) is 2.20. The lowest BCUT2D eigenvalue weighted by Gasteiger charge is -2.40. The highest BCUT2D eigenvalue weighted by Gasteiger charge is 2.47. The summed E-state index contributed by atoms with van der Waals surface area (Å²) in [6.07, 6.45) is -2.80. The van der Waals surface area contributed by atoms with Gasteiger partial charge in [0.2, 0.25) is 0 Å². The Morgan fingerprint density at radius 2 is 2.17 bits per heavy atom. The first-order valence-corrected chi connectivity index (χ1v) is 5.91. The smallest absolute Gasteiger partial charge is 0.263 e. The van der Waals surface area contributed by atoms with E-state index >= 15 is 0 Å². The van der Waals surface area contributed by atoms with E-state index in [4.69, 9.17) is 17.0 Å². The molecule has 98 valence electrons. The third-order valence-corrected chi connectivity index (χ3v) is 3.29. The van der Waals surface area contributed by atoms with Gasteiger partial charge in [-0.3, -0.25) is 5.32 Å². The zero-order chi connectivity index (χ0) is 13.2. The van der Waals surface area contributed by atoms with Gasteiger partial charge < -0.3 is 4.74 Å². The third kappa shape index (κ3) is 2.28. The Hall–Kier alpha value is -0.980. The van der Waals surface area contributed by atoms with Gasteiger partial charge >= 0.3 is 0 Å². The van der Waals surface area contributed by atoms with Crippen molar-refractivity contribution >= 4 is 17.6 Å². The van der Waals surface area contributed by atoms with Crippen LogP contribution in [0.4, 0.5) is 13.2 Å². The van der Waals surface area contributed by atoms with Crippen LogP contribution in [-0.2, 0) is 10.3 Å². The van der Waals surface area contributed by atoms with Crippen LogP contribution >= 0.6 is 12.2 Å². The lowest BCUT2D eigenvalue weighted by molar-refractivity contribution is -0.0711. The van der Waals surface area contributed by atoms with Crippen LogP contribution in [0.15, 0.2) is 24.3 Å². The zero-order valence-corrected chi connectivity index (χ0v) is 10.2. The van der Waals surface area contributed by atoms with Crippen LogP contribution in [0, 0.1) is 5.82 Å². The Morgan fingerprint density at radius 1 is 1.44 bits per heavy atom. The quantitative estimate of drug-likeness (QED) is 0.855. The zero-order valence-electron chi connectivity index (χ0n) is 9.41. The highest BCUT2D eigenvalue weighted by molar-refractivity contribution is 7.79. The van der Waals surface area contributed by atoms with Crippen molar-refractivity contribution in [2.24, 2.45) is 0 Å². The van der Waals surface area contributed by atoms with Gasteiger partial charge in [-0.15, -0.1) is 0 Å². The fraction of sp³-hybridized carbons (Fsp3) is 0.417. The molecule has 0 bridgehead atoms. The average Bonchev–Trinajstić information content (AvgIpc) is 2.39. The number of halogens is 3. The number of ether oxygens (including phenoxy) is 1. The number of hydrogen-bond donors (Lipinski definition) is 1. The molecule has 1 saturated heterocycles. The molecule has 6 heteroatoms. The molecule has 2 nitrogen and oxygen atoms in total. The maximum absolute atomic E-state index is 13.7. The second kappa shape index (κ2) is 5.34. The van der Waals surface area contributed by atoms with Gasteiger partial charge in [-0.1, -0.05) is 30.4 Å². The molecule has 0 aromatic heterocycles. The normalized spacial score (nSPS) is 28.3. The van der Waals surface area contributed by atoms with E-state index in [9.17, 15) is 13.2 Å². The van der Waals surface area contributed by atoms with Gasteiger partial charge in [0.1, 0.15) is 11.4 Å². The molecular formula is C12H12F3NOS. The molecule has 2 unspecified atom stereocenters. The largest absolute Gasteiger partial charge is 0.377 e. The van der Waals surface area contributed by atoms with Crippen molar-refractivity contribution in [2.45, 2.75) is 18.0 Å². The predicted molar refractivity (Wildman–Crippen MR) is 65.5 cm³/mol.